The van der Waals surface area contributed by atoms with Crippen molar-refractivity contribution < 1.29 is 14.1 Å². The van der Waals surface area contributed by atoms with Crippen LogP contribution in [-0.2, 0) is 0 Å². The molecule has 1 fully saturated rings. The summed E-state index contributed by atoms with van der Waals surface area (Å²) in [5, 5.41) is 10.8. The number of hydrogen-bond acceptors (Lipinski definition) is 4. The summed E-state index contributed by atoms with van der Waals surface area (Å²) in [6, 6.07) is 1.69. The summed E-state index contributed by atoms with van der Waals surface area (Å²) in [7, 11) is 0. The van der Waals surface area contributed by atoms with Crippen molar-refractivity contribution in [1.82, 2.24) is 4.90 Å². The molecular weight excluding hydrogens is 277 g/mol. The molecule has 1 atom stereocenters. The first kappa shape index (κ1) is 15.2. The molecule has 1 aromatic rings. The van der Waals surface area contributed by atoms with E-state index in [1.165, 1.54) is 0 Å². The molecule has 7 heteroatoms. The number of nitrogen functional groups attached to an aromatic ring is 1. The molecule has 1 amide bonds. The van der Waals surface area contributed by atoms with Gasteiger partial charge >= 0.3 is 0 Å². The van der Waals surface area contributed by atoms with Gasteiger partial charge in [-0.15, -0.1) is 0 Å². The predicted molar refractivity (Wildman–Crippen MR) is 76.3 cm³/mol. The number of halogens is 1. The molecule has 0 saturated carbocycles. The molecule has 21 heavy (non-hydrogen) atoms. The number of likely N-dealkylation sites (tertiary alicyclic amines) is 1. The molecular formula is C14H18FN3O3. The molecule has 1 saturated heterocycles. The van der Waals surface area contributed by atoms with Crippen LogP contribution in [-0.4, -0.2) is 28.8 Å². The highest BCUT2D eigenvalue weighted by molar-refractivity contribution is 6.01. The molecule has 1 unspecified atom stereocenters. The van der Waals surface area contributed by atoms with E-state index in [0.29, 0.717) is 24.9 Å². The Balaban J connectivity index is 2.30. The lowest BCUT2D eigenvalue weighted by molar-refractivity contribution is -0.384. The van der Waals surface area contributed by atoms with Gasteiger partial charge in [-0.2, -0.15) is 0 Å². The maximum atomic E-state index is 13.5. The minimum atomic E-state index is -0.834. The first-order valence-corrected chi connectivity index (χ1v) is 6.84. The molecule has 114 valence electrons. The number of nitro benzene ring substituents is 1. The van der Waals surface area contributed by atoms with Gasteiger partial charge in [0.1, 0.15) is 11.5 Å². The third kappa shape index (κ3) is 2.96. The third-order valence-electron chi connectivity index (χ3n) is 4.00. The van der Waals surface area contributed by atoms with E-state index < -0.39 is 22.3 Å². The number of rotatable bonds is 3. The Hall–Kier alpha value is -2.18. The van der Waals surface area contributed by atoms with Gasteiger partial charge in [-0.1, -0.05) is 13.8 Å². The molecule has 1 aromatic carbocycles. The monoisotopic (exact) mass is 295 g/mol. The topological polar surface area (TPSA) is 89.5 Å². The number of nitrogens with two attached hydrogens (primary N) is 1. The summed E-state index contributed by atoms with van der Waals surface area (Å²) < 4.78 is 13.5. The molecule has 0 radical (unpaired) electrons. The number of carbonyl (C=O) groups is 1. The van der Waals surface area contributed by atoms with Gasteiger partial charge in [0.05, 0.1) is 16.6 Å². The highest BCUT2D eigenvalue weighted by Crippen LogP contribution is 2.30. The number of carbonyl (C=O) groups excluding carboxylic acids is 1. The fourth-order valence-corrected chi connectivity index (χ4v) is 2.62. The molecule has 0 aliphatic carbocycles. The fourth-order valence-electron chi connectivity index (χ4n) is 2.62. The van der Waals surface area contributed by atoms with E-state index in [0.717, 1.165) is 18.6 Å². The van der Waals surface area contributed by atoms with Crippen LogP contribution < -0.4 is 5.73 Å². The number of hydrogen-bond donors (Lipinski definition) is 1. The van der Waals surface area contributed by atoms with E-state index in [9.17, 15) is 19.3 Å². The predicted octanol–water partition coefficient (Wildman–Crippen LogP) is 2.43. The highest BCUT2D eigenvalue weighted by Gasteiger charge is 2.31. The smallest absolute Gasteiger partial charge is 0.295 e. The van der Waals surface area contributed by atoms with Crippen molar-refractivity contribution in [3.05, 3.63) is 33.6 Å². The Morgan fingerprint density at radius 2 is 2.19 bits per heavy atom. The summed E-state index contributed by atoms with van der Waals surface area (Å²) in [6.45, 7) is 5.30. The number of nitrogens with zero attached hydrogens (tertiary/aromatic N) is 2. The van der Waals surface area contributed by atoms with Crippen molar-refractivity contribution >= 4 is 17.3 Å². The number of nitro groups is 1. The Bertz CT molecular complexity index is 589. The van der Waals surface area contributed by atoms with Gasteiger partial charge in [0.25, 0.3) is 11.6 Å². The van der Waals surface area contributed by atoms with Crippen molar-refractivity contribution in [2.24, 2.45) is 11.8 Å². The van der Waals surface area contributed by atoms with E-state index in [-0.39, 0.29) is 11.3 Å². The van der Waals surface area contributed by atoms with E-state index in [1.54, 1.807) is 4.90 Å². The van der Waals surface area contributed by atoms with Gasteiger partial charge in [0.15, 0.2) is 0 Å². The van der Waals surface area contributed by atoms with Crippen molar-refractivity contribution in [3.8, 4) is 0 Å². The number of benzene rings is 1. The molecule has 1 heterocycles. The summed E-state index contributed by atoms with van der Waals surface area (Å²) in [5.74, 6) is -0.446. The van der Waals surface area contributed by atoms with Crippen LogP contribution in [0.2, 0.25) is 0 Å². The molecule has 6 nitrogen and oxygen atoms in total. The van der Waals surface area contributed by atoms with E-state index >= 15 is 0 Å². The average Bonchev–Trinajstić information content (AvgIpc) is 2.89. The number of anilines is 1. The fraction of sp³-hybridized carbons (Fsp3) is 0.500. The zero-order valence-electron chi connectivity index (χ0n) is 12.0. The van der Waals surface area contributed by atoms with Gasteiger partial charge in [-0.3, -0.25) is 14.9 Å². The Kier molecular flexibility index (Phi) is 4.11. The quantitative estimate of drug-likeness (QED) is 0.527. The lowest BCUT2D eigenvalue weighted by Crippen LogP contribution is -2.30. The third-order valence-corrected chi connectivity index (χ3v) is 4.00. The first-order chi connectivity index (χ1) is 9.81. The van der Waals surface area contributed by atoms with E-state index in [2.05, 4.69) is 13.8 Å². The molecule has 0 aromatic heterocycles. The average molecular weight is 295 g/mol. The van der Waals surface area contributed by atoms with Crippen LogP contribution in [0.5, 0.6) is 0 Å². The van der Waals surface area contributed by atoms with Crippen molar-refractivity contribution in [1.29, 1.82) is 0 Å². The van der Waals surface area contributed by atoms with Crippen LogP contribution in [0.4, 0.5) is 15.8 Å². The van der Waals surface area contributed by atoms with Gasteiger partial charge in [-0.05, 0) is 24.3 Å². The molecule has 1 aliphatic heterocycles. The zero-order valence-corrected chi connectivity index (χ0v) is 12.0. The van der Waals surface area contributed by atoms with Crippen LogP contribution >= 0.6 is 0 Å². The summed E-state index contributed by atoms with van der Waals surface area (Å²) in [5.41, 5.74) is 4.68. The Morgan fingerprint density at radius 3 is 2.71 bits per heavy atom. The second kappa shape index (κ2) is 5.67. The second-order valence-electron chi connectivity index (χ2n) is 5.69. The largest absolute Gasteiger partial charge is 0.393 e. The summed E-state index contributed by atoms with van der Waals surface area (Å²) in [4.78, 5) is 24.1. The highest BCUT2D eigenvalue weighted by atomic mass is 19.1. The van der Waals surface area contributed by atoms with Crippen molar-refractivity contribution in [2.45, 2.75) is 20.3 Å². The van der Waals surface area contributed by atoms with Crippen LogP contribution in [0.3, 0.4) is 0 Å². The molecule has 0 spiro atoms. The molecule has 0 bridgehead atoms. The minimum Gasteiger partial charge on any atom is -0.393 e. The van der Waals surface area contributed by atoms with E-state index in [4.69, 9.17) is 5.73 Å². The summed E-state index contributed by atoms with van der Waals surface area (Å²) >= 11 is 0. The minimum absolute atomic E-state index is 0.133. The summed E-state index contributed by atoms with van der Waals surface area (Å²) in [6.07, 6.45) is 0.876. The zero-order chi connectivity index (χ0) is 15.7. The van der Waals surface area contributed by atoms with Crippen molar-refractivity contribution in [3.63, 3.8) is 0 Å². The normalized spacial score (nSPS) is 18.3. The van der Waals surface area contributed by atoms with Gasteiger partial charge in [0, 0.05) is 13.1 Å². The Labute approximate surface area is 121 Å². The lowest BCUT2D eigenvalue weighted by Gasteiger charge is -2.19. The number of amides is 1. The lowest BCUT2D eigenvalue weighted by atomic mass is 9.95. The first-order valence-electron chi connectivity index (χ1n) is 6.84. The van der Waals surface area contributed by atoms with Crippen molar-refractivity contribution in [2.75, 3.05) is 18.8 Å². The molecule has 1 aliphatic rings. The van der Waals surface area contributed by atoms with Gasteiger partial charge < -0.3 is 10.6 Å². The Morgan fingerprint density at radius 1 is 1.52 bits per heavy atom. The van der Waals surface area contributed by atoms with Crippen LogP contribution in [0.1, 0.15) is 30.6 Å². The maximum absolute atomic E-state index is 13.5. The SMILES string of the molecule is CC(C)C1CCN(C(=O)c2cc(F)cc([N+](=O)[O-])c2N)C1. The second-order valence-corrected chi connectivity index (χ2v) is 5.69. The van der Waals surface area contributed by atoms with Crippen LogP contribution in [0.15, 0.2) is 12.1 Å². The van der Waals surface area contributed by atoms with E-state index in [1.807, 2.05) is 0 Å². The van der Waals surface area contributed by atoms with Crippen LogP contribution in [0, 0.1) is 27.8 Å². The molecule has 2 N–H and O–H groups in total. The van der Waals surface area contributed by atoms with Crippen LogP contribution in [0.25, 0.3) is 0 Å². The van der Waals surface area contributed by atoms with Gasteiger partial charge in [0.2, 0.25) is 0 Å². The molecule has 2 rings (SSSR count). The van der Waals surface area contributed by atoms with Gasteiger partial charge in [-0.25, -0.2) is 4.39 Å². The standard InChI is InChI=1S/C14H18FN3O3/c1-8(2)9-3-4-17(7-9)14(19)11-5-10(15)6-12(13(11)16)18(20)21/h5-6,8-9H,3-4,7,16H2,1-2H3. The maximum Gasteiger partial charge on any atom is 0.295 e.